The molecule has 106 valence electrons. The highest BCUT2D eigenvalue weighted by Crippen LogP contribution is 2.39. The van der Waals surface area contributed by atoms with Gasteiger partial charge in [-0.1, -0.05) is 19.3 Å². The van der Waals surface area contributed by atoms with Crippen LogP contribution in [0.2, 0.25) is 0 Å². The third-order valence-corrected chi connectivity index (χ3v) is 5.27. The van der Waals surface area contributed by atoms with E-state index >= 15 is 0 Å². The van der Waals surface area contributed by atoms with E-state index in [1.165, 1.54) is 19.3 Å². The Bertz CT molecular complexity index is 422. The number of hydrogen-bond donors (Lipinski definition) is 2. The van der Waals surface area contributed by atoms with Crippen LogP contribution in [0, 0.1) is 11.6 Å². The Morgan fingerprint density at radius 1 is 1.21 bits per heavy atom. The second-order valence-electron chi connectivity index (χ2n) is 5.16. The number of nitrogen functional groups attached to an aromatic ring is 1. The second-order valence-corrected chi connectivity index (χ2v) is 6.44. The van der Waals surface area contributed by atoms with Crippen molar-refractivity contribution in [3.8, 4) is 0 Å². The Morgan fingerprint density at radius 3 is 2.32 bits per heavy atom. The van der Waals surface area contributed by atoms with Gasteiger partial charge in [-0.25, -0.2) is 8.78 Å². The first-order valence-electron chi connectivity index (χ1n) is 6.60. The van der Waals surface area contributed by atoms with Gasteiger partial charge < -0.3 is 11.1 Å². The number of thioether (sulfide) groups is 1. The molecular formula is C14H20F2N2S. The van der Waals surface area contributed by atoms with Crippen molar-refractivity contribution in [2.75, 3.05) is 23.9 Å². The van der Waals surface area contributed by atoms with Crippen molar-refractivity contribution in [3.05, 3.63) is 23.8 Å². The highest BCUT2D eigenvalue weighted by molar-refractivity contribution is 8.00. The van der Waals surface area contributed by atoms with E-state index in [0.29, 0.717) is 6.54 Å². The zero-order valence-corrected chi connectivity index (χ0v) is 12.0. The molecule has 0 bridgehead atoms. The largest absolute Gasteiger partial charge is 0.399 e. The van der Waals surface area contributed by atoms with E-state index < -0.39 is 11.6 Å². The summed E-state index contributed by atoms with van der Waals surface area (Å²) in [6.07, 6.45) is 7.90. The minimum absolute atomic E-state index is 0.0619. The molecule has 0 aromatic heterocycles. The topological polar surface area (TPSA) is 38.0 Å². The number of nitrogens with two attached hydrogens (primary N) is 1. The maximum absolute atomic E-state index is 13.7. The number of halogens is 2. The van der Waals surface area contributed by atoms with Crippen LogP contribution < -0.4 is 11.1 Å². The van der Waals surface area contributed by atoms with Crippen LogP contribution >= 0.6 is 11.8 Å². The van der Waals surface area contributed by atoms with E-state index in [4.69, 9.17) is 5.73 Å². The lowest BCUT2D eigenvalue weighted by atomic mass is 9.88. The van der Waals surface area contributed by atoms with Gasteiger partial charge in [0.1, 0.15) is 5.69 Å². The fourth-order valence-corrected chi connectivity index (χ4v) is 3.57. The first kappa shape index (κ1) is 14.4. The molecule has 1 fully saturated rings. The molecule has 1 saturated carbocycles. The first-order chi connectivity index (χ1) is 9.06. The van der Waals surface area contributed by atoms with Gasteiger partial charge in [0.25, 0.3) is 0 Å². The minimum atomic E-state index is -0.621. The molecule has 5 heteroatoms. The van der Waals surface area contributed by atoms with Crippen molar-refractivity contribution in [1.29, 1.82) is 0 Å². The molecule has 0 unspecified atom stereocenters. The Morgan fingerprint density at radius 2 is 1.79 bits per heavy atom. The molecule has 2 nitrogen and oxygen atoms in total. The van der Waals surface area contributed by atoms with Gasteiger partial charge in [-0.05, 0) is 31.2 Å². The van der Waals surface area contributed by atoms with E-state index in [9.17, 15) is 8.78 Å². The molecule has 0 spiro atoms. The molecular weight excluding hydrogens is 266 g/mol. The zero-order chi connectivity index (χ0) is 13.9. The maximum Gasteiger partial charge on any atom is 0.151 e. The molecule has 0 atom stereocenters. The van der Waals surface area contributed by atoms with Gasteiger partial charge in [0.05, 0.1) is 0 Å². The molecule has 0 aliphatic heterocycles. The van der Waals surface area contributed by atoms with Crippen LogP contribution in [-0.2, 0) is 0 Å². The standard InChI is InChI=1S/C14H20F2N2S/c1-19-14(5-3-2-4-6-14)9-18-13-11(15)7-10(17)8-12(13)16/h7-8,18H,2-6,9,17H2,1H3. The van der Waals surface area contributed by atoms with Crippen LogP contribution in [0.5, 0.6) is 0 Å². The van der Waals surface area contributed by atoms with E-state index in [0.717, 1.165) is 25.0 Å². The fourth-order valence-electron chi connectivity index (χ4n) is 2.66. The summed E-state index contributed by atoms with van der Waals surface area (Å²) in [6.45, 7) is 0.589. The summed E-state index contributed by atoms with van der Waals surface area (Å²) in [4.78, 5) is 0. The van der Waals surface area contributed by atoms with Gasteiger partial charge >= 0.3 is 0 Å². The molecule has 2 rings (SSSR count). The first-order valence-corrected chi connectivity index (χ1v) is 7.82. The third-order valence-electron chi connectivity index (χ3n) is 3.85. The minimum Gasteiger partial charge on any atom is -0.399 e. The Kier molecular flexibility index (Phi) is 4.55. The van der Waals surface area contributed by atoms with E-state index in [2.05, 4.69) is 11.6 Å². The van der Waals surface area contributed by atoms with Gasteiger partial charge in [-0.2, -0.15) is 11.8 Å². The van der Waals surface area contributed by atoms with Crippen molar-refractivity contribution in [2.24, 2.45) is 0 Å². The van der Waals surface area contributed by atoms with Crippen molar-refractivity contribution in [2.45, 2.75) is 36.9 Å². The van der Waals surface area contributed by atoms with Gasteiger partial charge in [-0.3, -0.25) is 0 Å². The molecule has 1 aromatic carbocycles. The van der Waals surface area contributed by atoms with Crippen molar-refractivity contribution >= 4 is 23.1 Å². The van der Waals surface area contributed by atoms with Crippen molar-refractivity contribution < 1.29 is 8.78 Å². The quantitative estimate of drug-likeness (QED) is 0.821. The molecule has 1 aliphatic rings. The number of anilines is 2. The summed E-state index contributed by atoms with van der Waals surface area (Å²) in [6, 6.07) is 2.30. The maximum atomic E-state index is 13.7. The highest BCUT2D eigenvalue weighted by atomic mass is 32.2. The van der Waals surface area contributed by atoms with Crippen molar-refractivity contribution in [1.82, 2.24) is 0 Å². The van der Waals surface area contributed by atoms with Crippen LogP contribution in [0.3, 0.4) is 0 Å². The number of benzene rings is 1. The summed E-state index contributed by atoms with van der Waals surface area (Å²) >= 11 is 1.80. The highest BCUT2D eigenvalue weighted by Gasteiger charge is 2.31. The van der Waals surface area contributed by atoms with Crippen molar-refractivity contribution in [3.63, 3.8) is 0 Å². The molecule has 3 N–H and O–H groups in total. The molecule has 0 radical (unpaired) electrons. The van der Waals surface area contributed by atoms with Gasteiger partial charge in [-0.15, -0.1) is 0 Å². The smallest absolute Gasteiger partial charge is 0.151 e. The Hall–Kier alpha value is -0.970. The summed E-state index contributed by atoms with van der Waals surface area (Å²) < 4.78 is 27.5. The van der Waals surface area contributed by atoms with Crippen LogP contribution in [0.25, 0.3) is 0 Å². The van der Waals surface area contributed by atoms with E-state index in [1.54, 1.807) is 11.8 Å². The zero-order valence-electron chi connectivity index (χ0n) is 11.1. The van der Waals surface area contributed by atoms with Gasteiger partial charge in [0.15, 0.2) is 11.6 Å². The Balaban J connectivity index is 2.09. The van der Waals surface area contributed by atoms with E-state index in [-0.39, 0.29) is 16.1 Å². The summed E-state index contributed by atoms with van der Waals surface area (Å²) in [5, 5.41) is 2.94. The average molecular weight is 286 g/mol. The number of hydrogen-bond acceptors (Lipinski definition) is 3. The predicted molar refractivity (Wildman–Crippen MR) is 78.6 cm³/mol. The van der Waals surface area contributed by atoms with Crippen LogP contribution in [0.4, 0.5) is 20.2 Å². The SMILES string of the molecule is CSC1(CNc2c(F)cc(N)cc2F)CCCCC1. The lowest BCUT2D eigenvalue weighted by Gasteiger charge is -2.36. The molecule has 0 heterocycles. The monoisotopic (exact) mass is 286 g/mol. The molecule has 0 saturated heterocycles. The lowest BCUT2D eigenvalue weighted by Crippen LogP contribution is -2.35. The molecule has 1 aromatic rings. The normalized spacial score (nSPS) is 18.3. The molecule has 0 amide bonds. The van der Waals surface area contributed by atoms with E-state index in [1.807, 2.05) is 0 Å². The second kappa shape index (κ2) is 5.99. The lowest BCUT2D eigenvalue weighted by molar-refractivity contribution is 0.410. The summed E-state index contributed by atoms with van der Waals surface area (Å²) in [5.41, 5.74) is 5.45. The summed E-state index contributed by atoms with van der Waals surface area (Å²) in [5.74, 6) is -1.24. The third kappa shape index (κ3) is 3.32. The fraction of sp³-hybridized carbons (Fsp3) is 0.571. The average Bonchev–Trinajstić information content (AvgIpc) is 2.38. The number of nitrogens with one attached hydrogen (secondary N) is 1. The predicted octanol–water partition coefficient (Wildman–Crippen LogP) is 4.02. The van der Waals surface area contributed by atoms with Gasteiger partial charge in [0, 0.05) is 17.0 Å². The Labute approximate surface area is 117 Å². The van der Waals surface area contributed by atoms with Crippen LogP contribution in [0.1, 0.15) is 32.1 Å². The molecule has 19 heavy (non-hydrogen) atoms. The number of rotatable bonds is 4. The van der Waals surface area contributed by atoms with Crippen LogP contribution in [0.15, 0.2) is 12.1 Å². The molecule has 1 aliphatic carbocycles. The summed E-state index contributed by atoms with van der Waals surface area (Å²) in [7, 11) is 0. The van der Waals surface area contributed by atoms with Gasteiger partial charge in [0.2, 0.25) is 0 Å². The van der Waals surface area contributed by atoms with Crippen LogP contribution in [-0.4, -0.2) is 17.5 Å².